The minimum Gasteiger partial charge on any atom is -0.340 e. The van der Waals surface area contributed by atoms with E-state index in [4.69, 9.17) is 46.4 Å². The molecule has 0 atom stereocenters. The van der Waals surface area contributed by atoms with Crippen LogP contribution >= 0.6 is 46.4 Å². The summed E-state index contributed by atoms with van der Waals surface area (Å²) >= 11 is 22.7. The molecule has 0 spiro atoms. The van der Waals surface area contributed by atoms with E-state index in [1.165, 1.54) is 17.0 Å². The third-order valence-corrected chi connectivity index (χ3v) is 3.30. The van der Waals surface area contributed by atoms with Crippen LogP contribution in [0.1, 0.15) is 6.42 Å². The molecule has 0 aliphatic carbocycles. The average Bonchev–Trinajstić information content (AvgIpc) is 2.41. The van der Waals surface area contributed by atoms with Gasteiger partial charge in [-0.25, -0.2) is 4.98 Å². The van der Waals surface area contributed by atoms with E-state index in [-0.39, 0.29) is 34.4 Å². The molecule has 9 heteroatoms. The topological polar surface area (TPSA) is 62.3 Å². The number of carbonyl (C=O) groups is 2. The van der Waals surface area contributed by atoms with Crippen molar-refractivity contribution in [3.63, 3.8) is 0 Å². The van der Waals surface area contributed by atoms with Gasteiger partial charge in [-0.15, -0.1) is 23.2 Å². The summed E-state index contributed by atoms with van der Waals surface area (Å²) in [7, 11) is 0. The molecule has 0 unspecified atom stereocenters. The molecule has 5 nitrogen and oxygen atoms in total. The van der Waals surface area contributed by atoms with Gasteiger partial charge in [0.05, 0.1) is 5.69 Å². The zero-order valence-corrected chi connectivity index (χ0v) is 13.9. The largest absolute Gasteiger partial charge is 0.340 e. The Morgan fingerprint density at radius 3 is 2.29 bits per heavy atom. The predicted molar refractivity (Wildman–Crippen MR) is 85.5 cm³/mol. The third kappa shape index (κ3) is 6.26. The molecule has 1 heterocycles. The molecule has 0 aromatic carbocycles. The average molecular weight is 373 g/mol. The number of halogens is 4. The molecule has 1 aromatic rings. The Hall–Kier alpha value is -0.750. The van der Waals surface area contributed by atoms with Gasteiger partial charge >= 0.3 is 0 Å². The van der Waals surface area contributed by atoms with Gasteiger partial charge in [0.1, 0.15) is 11.6 Å². The highest BCUT2D eigenvalue weighted by atomic mass is 35.5. The Morgan fingerprint density at radius 1 is 1.14 bits per heavy atom. The molecule has 116 valence electrons. The third-order valence-electron chi connectivity index (χ3n) is 2.46. The summed E-state index contributed by atoms with van der Waals surface area (Å²) in [6, 6.07) is 2.99. The Labute approximate surface area is 142 Å². The van der Waals surface area contributed by atoms with Gasteiger partial charge in [0, 0.05) is 24.8 Å². The summed E-state index contributed by atoms with van der Waals surface area (Å²) in [6.07, 6.45) is -0.327. The van der Waals surface area contributed by atoms with E-state index in [0.717, 1.165) is 0 Å². The molecule has 0 aliphatic heterocycles. The first-order valence-corrected chi connectivity index (χ1v) is 7.82. The van der Waals surface area contributed by atoms with Crippen LogP contribution in [0, 0.1) is 0 Å². The van der Waals surface area contributed by atoms with E-state index in [1.807, 2.05) is 0 Å². The predicted octanol–water partition coefficient (Wildman–Crippen LogP) is 3.02. The van der Waals surface area contributed by atoms with Crippen LogP contribution in [0.4, 0.5) is 5.69 Å². The van der Waals surface area contributed by atoms with Crippen LogP contribution in [0.5, 0.6) is 0 Å². The molecule has 0 aliphatic rings. The van der Waals surface area contributed by atoms with Crippen molar-refractivity contribution >= 4 is 63.9 Å². The molecule has 1 aromatic heterocycles. The second-order valence-electron chi connectivity index (χ2n) is 3.96. The van der Waals surface area contributed by atoms with Crippen molar-refractivity contribution in [3.05, 3.63) is 22.4 Å². The minimum atomic E-state index is -0.500. The van der Waals surface area contributed by atoms with Gasteiger partial charge in [-0.05, 0) is 12.1 Å². The molecule has 0 fully saturated rings. The summed E-state index contributed by atoms with van der Waals surface area (Å²) in [5, 5.41) is 2.77. The Kier molecular flexibility index (Phi) is 8.11. The van der Waals surface area contributed by atoms with E-state index in [9.17, 15) is 9.59 Å². The van der Waals surface area contributed by atoms with Crippen molar-refractivity contribution in [2.75, 3.05) is 30.2 Å². The molecular formula is C12H13Cl4N3O2. The van der Waals surface area contributed by atoms with Crippen LogP contribution in [0.3, 0.4) is 0 Å². The number of pyridine rings is 1. The lowest BCUT2D eigenvalue weighted by atomic mass is 10.3. The SMILES string of the molecule is O=C(CC(=O)N(CCCl)CCCl)Nc1ccc(Cl)nc1Cl. The van der Waals surface area contributed by atoms with Crippen LogP contribution in [0.15, 0.2) is 12.1 Å². The second-order valence-corrected chi connectivity index (χ2v) is 5.46. The minimum absolute atomic E-state index is 0.0571. The van der Waals surface area contributed by atoms with Gasteiger partial charge in [-0.1, -0.05) is 23.2 Å². The number of carbonyl (C=O) groups excluding carboxylic acids is 2. The first-order chi connectivity index (χ1) is 9.97. The van der Waals surface area contributed by atoms with Crippen LogP contribution < -0.4 is 5.32 Å². The van der Waals surface area contributed by atoms with Gasteiger partial charge in [-0.3, -0.25) is 9.59 Å². The van der Waals surface area contributed by atoms with Crippen molar-refractivity contribution < 1.29 is 9.59 Å². The number of hydrogen-bond donors (Lipinski definition) is 1. The molecule has 0 saturated heterocycles. The highest BCUT2D eigenvalue weighted by molar-refractivity contribution is 6.34. The fourth-order valence-corrected chi connectivity index (χ4v) is 2.31. The summed E-state index contributed by atoms with van der Waals surface area (Å²) in [5.74, 6) is -0.305. The van der Waals surface area contributed by atoms with Crippen molar-refractivity contribution in [2.24, 2.45) is 0 Å². The van der Waals surface area contributed by atoms with Crippen molar-refractivity contribution in [3.8, 4) is 0 Å². The number of anilines is 1. The van der Waals surface area contributed by atoms with Crippen LogP contribution in [0.25, 0.3) is 0 Å². The molecule has 21 heavy (non-hydrogen) atoms. The standard InChI is InChI=1S/C12H13Cl4N3O2/c13-3-5-19(6-4-14)11(21)7-10(20)17-8-1-2-9(15)18-12(8)16/h1-2H,3-7H2,(H,17,20). The monoisotopic (exact) mass is 371 g/mol. The summed E-state index contributed by atoms with van der Waals surface area (Å²) in [6.45, 7) is 0.674. The molecule has 0 bridgehead atoms. The maximum Gasteiger partial charge on any atom is 0.233 e. The number of nitrogens with zero attached hydrogens (tertiary/aromatic N) is 2. The number of amides is 2. The van der Waals surface area contributed by atoms with E-state index in [0.29, 0.717) is 18.8 Å². The highest BCUT2D eigenvalue weighted by Crippen LogP contribution is 2.21. The zero-order valence-electron chi connectivity index (χ0n) is 10.9. The fraction of sp³-hybridized carbons (Fsp3) is 0.417. The molecule has 1 N–H and O–H groups in total. The second kappa shape index (κ2) is 9.30. The van der Waals surface area contributed by atoms with E-state index < -0.39 is 5.91 Å². The van der Waals surface area contributed by atoms with Crippen molar-refractivity contribution in [2.45, 2.75) is 6.42 Å². The summed E-state index contributed by atoms with van der Waals surface area (Å²) < 4.78 is 0. The number of rotatable bonds is 7. The van der Waals surface area contributed by atoms with Crippen molar-refractivity contribution in [1.29, 1.82) is 0 Å². The quantitative estimate of drug-likeness (QED) is 0.454. The Balaban J connectivity index is 2.61. The summed E-state index contributed by atoms with van der Waals surface area (Å²) in [4.78, 5) is 29.0. The molecule has 0 saturated carbocycles. The maximum absolute atomic E-state index is 11.9. The summed E-state index contributed by atoms with van der Waals surface area (Å²) in [5.41, 5.74) is 0.292. The Morgan fingerprint density at radius 2 is 1.76 bits per heavy atom. The van der Waals surface area contributed by atoms with E-state index >= 15 is 0 Å². The normalized spacial score (nSPS) is 10.3. The molecular weight excluding hydrogens is 360 g/mol. The van der Waals surface area contributed by atoms with E-state index in [1.54, 1.807) is 0 Å². The van der Waals surface area contributed by atoms with Gasteiger partial charge in [0.25, 0.3) is 0 Å². The molecule has 2 amide bonds. The van der Waals surface area contributed by atoms with Crippen LogP contribution in [0.2, 0.25) is 10.3 Å². The van der Waals surface area contributed by atoms with E-state index in [2.05, 4.69) is 10.3 Å². The van der Waals surface area contributed by atoms with Gasteiger partial charge in [0.2, 0.25) is 11.8 Å². The Bertz CT molecular complexity index is 507. The van der Waals surface area contributed by atoms with Gasteiger partial charge in [-0.2, -0.15) is 0 Å². The smallest absolute Gasteiger partial charge is 0.233 e. The van der Waals surface area contributed by atoms with Gasteiger partial charge < -0.3 is 10.2 Å². The zero-order chi connectivity index (χ0) is 15.8. The first kappa shape index (κ1) is 18.3. The lowest BCUT2D eigenvalue weighted by Gasteiger charge is -2.20. The number of aromatic nitrogens is 1. The van der Waals surface area contributed by atoms with Crippen LogP contribution in [-0.2, 0) is 9.59 Å². The number of nitrogens with one attached hydrogen (secondary N) is 1. The lowest BCUT2D eigenvalue weighted by Crippen LogP contribution is -2.36. The molecule has 1 rings (SSSR count). The van der Waals surface area contributed by atoms with Gasteiger partial charge in [0.15, 0.2) is 5.15 Å². The highest BCUT2D eigenvalue weighted by Gasteiger charge is 2.17. The lowest BCUT2D eigenvalue weighted by molar-refractivity contribution is -0.134. The van der Waals surface area contributed by atoms with Crippen molar-refractivity contribution in [1.82, 2.24) is 9.88 Å². The fourth-order valence-electron chi connectivity index (χ4n) is 1.51. The number of hydrogen-bond acceptors (Lipinski definition) is 3. The maximum atomic E-state index is 11.9. The van der Waals surface area contributed by atoms with Crippen LogP contribution in [-0.4, -0.2) is 46.5 Å². The molecule has 0 radical (unpaired) electrons. The number of alkyl halides is 2. The first-order valence-electron chi connectivity index (χ1n) is 5.99.